The largest absolute Gasteiger partial charge is 0.384 e. The molecule has 2 aliphatic rings. The smallest absolute Gasteiger partial charge is 0.255 e. The number of nitrogens with zero attached hydrogens (tertiary/aromatic N) is 2. The van der Waals surface area contributed by atoms with Gasteiger partial charge in [-0.2, -0.15) is 4.98 Å². The number of carbonyl (C=O) groups is 1. The highest BCUT2D eigenvalue weighted by Gasteiger charge is 2.24. The molecule has 2 N–H and O–H groups in total. The molecule has 24 heavy (non-hydrogen) atoms. The summed E-state index contributed by atoms with van der Waals surface area (Å²) >= 11 is 0. The SMILES string of the molecule is O=C(NCc1noc(C2CCCO2)n1)c1cccc2c1NCCC2. The minimum atomic E-state index is -0.135. The van der Waals surface area contributed by atoms with Crippen LogP contribution in [0.5, 0.6) is 0 Å². The molecule has 2 aliphatic heterocycles. The lowest BCUT2D eigenvalue weighted by Crippen LogP contribution is -2.26. The van der Waals surface area contributed by atoms with Gasteiger partial charge >= 0.3 is 0 Å². The lowest BCUT2D eigenvalue weighted by atomic mass is 9.99. The first-order valence-electron chi connectivity index (χ1n) is 8.39. The van der Waals surface area contributed by atoms with E-state index in [1.807, 2.05) is 12.1 Å². The summed E-state index contributed by atoms with van der Waals surface area (Å²) in [6.07, 6.45) is 3.89. The minimum Gasteiger partial charge on any atom is -0.384 e. The molecule has 7 heteroatoms. The average Bonchev–Trinajstić information content (AvgIpc) is 3.30. The van der Waals surface area contributed by atoms with Gasteiger partial charge in [0.25, 0.3) is 11.8 Å². The van der Waals surface area contributed by atoms with Crippen LogP contribution < -0.4 is 10.6 Å². The monoisotopic (exact) mass is 328 g/mol. The number of carbonyl (C=O) groups excluding carboxylic acids is 1. The van der Waals surface area contributed by atoms with Gasteiger partial charge in [-0.3, -0.25) is 4.79 Å². The standard InChI is InChI=1S/C17H20N4O3/c22-16(12-6-1-4-11-5-2-8-18-15(11)12)19-10-14-20-17(24-21-14)13-7-3-9-23-13/h1,4,6,13,18H,2-3,5,7-10H2,(H,19,22). The van der Waals surface area contributed by atoms with E-state index < -0.39 is 0 Å². The van der Waals surface area contributed by atoms with Crippen LogP contribution in [0.15, 0.2) is 22.7 Å². The molecule has 2 aromatic rings. The van der Waals surface area contributed by atoms with E-state index in [-0.39, 0.29) is 18.6 Å². The number of ether oxygens (including phenoxy) is 1. The number of hydrogen-bond donors (Lipinski definition) is 2. The first kappa shape index (κ1) is 15.1. The van der Waals surface area contributed by atoms with Gasteiger partial charge in [0.15, 0.2) is 5.82 Å². The summed E-state index contributed by atoms with van der Waals surface area (Å²) in [5.41, 5.74) is 2.79. The molecule has 1 fully saturated rings. The molecule has 1 aromatic carbocycles. The fourth-order valence-corrected chi connectivity index (χ4v) is 3.20. The Morgan fingerprint density at radius 1 is 1.38 bits per heavy atom. The second-order valence-corrected chi connectivity index (χ2v) is 6.10. The molecule has 0 radical (unpaired) electrons. The van der Waals surface area contributed by atoms with Gasteiger partial charge in [-0.05, 0) is 37.3 Å². The van der Waals surface area contributed by atoms with Gasteiger partial charge in [-0.1, -0.05) is 17.3 Å². The summed E-state index contributed by atoms with van der Waals surface area (Å²) in [6.45, 7) is 1.86. The molecule has 1 unspecified atom stereocenters. The van der Waals surface area contributed by atoms with E-state index in [0.29, 0.717) is 17.3 Å². The Morgan fingerprint density at radius 3 is 3.21 bits per heavy atom. The van der Waals surface area contributed by atoms with Crippen LogP contribution in [0.4, 0.5) is 5.69 Å². The Kier molecular flexibility index (Phi) is 4.17. The summed E-state index contributed by atoms with van der Waals surface area (Å²) in [5.74, 6) is 0.826. The lowest BCUT2D eigenvalue weighted by Gasteiger charge is -2.20. The molecule has 0 aliphatic carbocycles. The molecule has 1 saturated heterocycles. The molecule has 4 rings (SSSR count). The van der Waals surface area contributed by atoms with Crippen molar-refractivity contribution in [1.29, 1.82) is 0 Å². The molecule has 126 valence electrons. The van der Waals surface area contributed by atoms with Crippen LogP contribution in [-0.4, -0.2) is 29.2 Å². The number of nitrogens with one attached hydrogen (secondary N) is 2. The molecular formula is C17H20N4O3. The van der Waals surface area contributed by atoms with E-state index in [1.54, 1.807) is 0 Å². The number of fused-ring (bicyclic) bond motifs is 1. The minimum absolute atomic E-state index is 0.104. The van der Waals surface area contributed by atoms with Crippen molar-refractivity contribution in [2.45, 2.75) is 38.3 Å². The summed E-state index contributed by atoms with van der Waals surface area (Å²) in [6, 6.07) is 5.82. The van der Waals surface area contributed by atoms with E-state index in [4.69, 9.17) is 9.26 Å². The van der Waals surface area contributed by atoms with Gasteiger partial charge in [-0.25, -0.2) is 0 Å². The maximum atomic E-state index is 12.5. The maximum absolute atomic E-state index is 12.5. The summed E-state index contributed by atoms with van der Waals surface area (Å²) < 4.78 is 10.7. The van der Waals surface area contributed by atoms with Gasteiger partial charge in [0.2, 0.25) is 0 Å². The number of anilines is 1. The predicted molar refractivity (Wildman–Crippen MR) is 86.6 cm³/mol. The van der Waals surface area contributed by atoms with Crippen molar-refractivity contribution in [1.82, 2.24) is 15.5 Å². The van der Waals surface area contributed by atoms with Crippen molar-refractivity contribution in [3.8, 4) is 0 Å². The topological polar surface area (TPSA) is 89.3 Å². The fraction of sp³-hybridized carbons (Fsp3) is 0.471. The summed E-state index contributed by atoms with van der Waals surface area (Å²) in [7, 11) is 0. The summed E-state index contributed by atoms with van der Waals surface area (Å²) in [4.78, 5) is 16.8. The van der Waals surface area contributed by atoms with Crippen LogP contribution in [0.25, 0.3) is 0 Å². The third-order valence-electron chi connectivity index (χ3n) is 4.42. The molecular weight excluding hydrogens is 308 g/mol. The van der Waals surface area contributed by atoms with Crippen molar-refractivity contribution in [3.63, 3.8) is 0 Å². The lowest BCUT2D eigenvalue weighted by molar-refractivity contribution is 0.0835. The van der Waals surface area contributed by atoms with Gasteiger partial charge in [-0.15, -0.1) is 0 Å². The number of benzene rings is 1. The van der Waals surface area contributed by atoms with Crippen LogP contribution in [-0.2, 0) is 17.7 Å². The molecule has 0 saturated carbocycles. The van der Waals surface area contributed by atoms with E-state index in [9.17, 15) is 4.79 Å². The first-order valence-corrected chi connectivity index (χ1v) is 8.39. The number of rotatable bonds is 4. The molecule has 1 amide bonds. The van der Waals surface area contributed by atoms with E-state index >= 15 is 0 Å². The van der Waals surface area contributed by atoms with E-state index in [1.165, 1.54) is 5.56 Å². The van der Waals surface area contributed by atoms with Crippen LogP contribution in [0.3, 0.4) is 0 Å². The van der Waals surface area contributed by atoms with Gasteiger partial charge in [0, 0.05) is 13.2 Å². The number of aromatic nitrogens is 2. The Hall–Kier alpha value is -2.41. The number of amides is 1. The van der Waals surface area contributed by atoms with Crippen LogP contribution in [0.1, 0.15) is 53.0 Å². The number of para-hydroxylation sites is 1. The van der Waals surface area contributed by atoms with Gasteiger partial charge < -0.3 is 19.9 Å². The molecule has 1 aromatic heterocycles. The van der Waals surface area contributed by atoms with Crippen LogP contribution >= 0.6 is 0 Å². The molecule has 0 bridgehead atoms. The predicted octanol–water partition coefficient (Wildman–Crippen LogP) is 2.21. The van der Waals surface area contributed by atoms with Crippen molar-refractivity contribution in [2.75, 3.05) is 18.5 Å². The third kappa shape index (κ3) is 2.99. The Balaban J connectivity index is 1.42. The molecule has 3 heterocycles. The third-order valence-corrected chi connectivity index (χ3v) is 4.42. The van der Waals surface area contributed by atoms with Gasteiger partial charge in [0.05, 0.1) is 17.8 Å². The highest BCUT2D eigenvalue weighted by Crippen LogP contribution is 2.27. The quantitative estimate of drug-likeness (QED) is 0.894. The van der Waals surface area contributed by atoms with Crippen LogP contribution in [0.2, 0.25) is 0 Å². The fourth-order valence-electron chi connectivity index (χ4n) is 3.20. The van der Waals surface area contributed by atoms with Gasteiger partial charge in [0.1, 0.15) is 6.10 Å². The van der Waals surface area contributed by atoms with E-state index in [0.717, 1.165) is 44.5 Å². The normalized spacial score (nSPS) is 19.6. The Bertz CT molecular complexity index is 737. The molecule has 1 atom stereocenters. The maximum Gasteiger partial charge on any atom is 0.255 e. The zero-order chi connectivity index (χ0) is 16.4. The number of hydrogen-bond acceptors (Lipinski definition) is 6. The Morgan fingerprint density at radius 2 is 2.33 bits per heavy atom. The molecule has 7 nitrogen and oxygen atoms in total. The second-order valence-electron chi connectivity index (χ2n) is 6.10. The van der Waals surface area contributed by atoms with Crippen molar-refractivity contribution in [3.05, 3.63) is 41.0 Å². The summed E-state index contributed by atoms with van der Waals surface area (Å²) in [5, 5.41) is 10.1. The Labute approximate surface area is 139 Å². The van der Waals surface area contributed by atoms with Crippen molar-refractivity contribution in [2.24, 2.45) is 0 Å². The zero-order valence-electron chi connectivity index (χ0n) is 13.4. The zero-order valence-corrected chi connectivity index (χ0v) is 13.4. The van der Waals surface area contributed by atoms with E-state index in [2.05, 4.69) is 26.8 Å². The average molecular weight is 328 g/mol. The van der Waals surface area contributed by atoms with Crippen molar-refractivity contribution < 1.29 is 14.1 Å². The highest BCUT2D eigenvalue weighted by atomic mass is 16.5. The van der Waals surface area contributed by atoms with Crippen LogP contribution in [0, 0.1) is 0 Å². The second kappa shape index (κ2) is 6.60. The first-order chi connectivity index (χ1) is 11.8. The molecule has 0 spiro atoms. The number of aryl methyl sites for hydroxylation is 1. The van der Waals surface area contributed by atoms with Crippen molar-refractivity contribution >= 4 is 11.6 Å². The highest BCUT2D eigenvalue weighted by molar-refractivity contribution is 6.00.